The Kier molecular flexibility index (Phi) is 5.61. The van der Waals surface area contributed by atoms with Crippen LogP contribution in [0.5, 0.6) is 0 Å². The van der Waals surface area contributed by atoms with Gasteiger partial charge in [0.15, 0.2) is 0 Å². The Hall–Kier alpha value is -0.273. The summed E-state index contributed by atoms with van der Waals surface area (Å²) in [6.07, 6.45) is 0.990. The molecule has 0 aliphatic rings. The van der Waals surface area contributed by atoms with Crippen molar-refractivity contribution >= 4 is 10.1 Å². The first kappa shape index (κ1) is 14.7. The van der Waals surface area contributed by atoms with E-state index in [1.54, 1.807) is 12.1 Å². The largest absolute Gasteiger partial charge is 1.00 e. The van der Waals surface area contributed by atoms with E-state index < -0.39 is 10.1 Å². The molecule has 0 aliphatic carbocycles. The van der Waals surface area contributed by atoms with Crippen LogP contribution in [-0.2, 0) is 10.1 Å². The molecule has 0 aromatic heterocycles. The Balaban J connectivity index is 0.00000196. The third kappa shape index (κ3) is 4.00. The van der Waals surface area contributed by atoms with E-state index >= 15 is 0 Å². The Labute approximate surface area is 103 Å². The molecule has 1 rings (SSSR count). The predicted octanol–water partition coefficient (Wildman–Crippen LogP) is -0.892. The van der Waals surface area contributed by atoms with Gasteiger partial charge in [-0.25, -0.2) is 8.42 Å². The normalized spacial score (nSPS) is 13.0. The van der Waals surface area contributed by atoms with Crippen molar-refractivity contribution in [2.75, 3.05) is 0 Å². The molecule has 15 heavy (non-hydrogen) atoms. The molecule has 0 spiro atoms. The fourth-order valence-corrected chi connectivity index (χ4v) is 1.67. The predicted molar refractivity (Wildman–Crippen MR) is 53.1 cm³/mol. The molecule has 0 bridgehead atoms. The van der Waals surface area contributed by atoms with Gasteiger partial charge in [-0.3, -0.25) is 0 Å². The molecule has 0 N–H and O–H groups in total. The molecule has 0 saturated heterocycles. The SMILES string of the molecule is CCC(C)c1ccc(S(=O)(=O)[O-])cc1.[Li+]. The van der Waals surface area contributed by atoms with Gasteiger partial charge >= 0.3 is 18.9 Å². The van der Waals surface area contributed by atoms with E-state index in [2.05, 4.69) is 13.8 Å². The third-order valence-electron chi connectivity index (χ3n) is 2.35. The molecule has 0 aliphatic heterocycles. The number of rotatable bonds is 3. The topological polar surface area (TPSA) is 57.2 Å². The minimum atomic E-state index is -4.30. The smallest absolute Gasteiger partial charge is 0.744 e. The maximum atomic E-state index is 10.6. The van der Waals surface area contributed by atoms with E-state index in [1.807, 2.05) is 0 Å². The molecule has 0 saturated carbocycles. The summed E-state index contributed by atoms with van der Waals surface area (Å²) >= 11 is 0. The van der Waals surface area contributed by atoms with Crippen molar-refractivity contribution in [2.45, 2.75) is 31.1 Å². The van der Waals surface area contributed by atoms with Gasteiger partial charge in [-0.1, -0.05) is 26.0 Å². The fraction of sp³-hybridized carbons (Fsp3) is 0.400. The number of benzene rings is 1. The molecule has 0 heterocycles. The van der Waals surface area contributed by atoms with E-state index in [1.165, 1.54) is 12.1 Å². The summed E-state index contributed by atoms with van der Waals surface area (Å²) in [6, 6.07) is 6.12. The molecular weight excluding hydrogens is 207 g/mol. The van der Waals surface area contributed by atoms with Crippen LogP contribution < -0.4 is 18.9 Å². The standard InChI is InChI=1S/C10H14O3S.Li/c1-3-8(2)9-4-6-10(7-5-9)14(11,12)13;/h4-8H,3H2,1-2H3,(H,11,12,13);/q;+1/p-1. The van der Waals surface area contributed by atoms with Gasteiger partial charge in [0.25, 0.3) is 0 Å². The Bertz CT molecular complexity index is 397. The van der Waals surface area contributed by atoms with Crippen LogP contribution in [0, 0.1) is 0 Å². The van der Waals surface area contributed by atoms with Crippen molar-refractivity contribution in [1.82, 2.24) is 0 Å². The summed E-state index contributed by atoms with van der Waals surface area (Å²) < 4.78 is 31.9. The quantitative estimate of drug-likeness (QED) is 0.490. The van der Waals surface area contributed by atoms with E-state index in [9.17, 15) is 13.0 Å². The Morgan fingerprint density at radius 1 is 1.27 bits per heavy atom. The third-order valence-corrected chi connectivity index (χ3v) is 3.20. The summed E-state index contributed by atoms with van der Waals surface area (Å²) in [5.41, 5.74) is 1.06. The van der Waals surface area contributed by atoms with Crippen LogP contribution >= 0.6 is 0 Å². The van der Waals surface area contributed by atoms with Gasteiger partial charge in [0.2, 0.25) is 0 Å². The van der Waals surface area contributed by atoms with Crippen molar-refractivity contribution in [3.63, 3.8) is 0 Å². The van der Waals surface area contributed by atoms with Crippen LogP contribution in [0.25, 0.3) is 0 Å². The second-order valence-corrected chi connectivity index (χ2v) is 4.71. The maximum Gasteiger partial charge on any atom is 1.00 e. The van der Waals surface area contributed by atoms with Crippen molar-refractivity contribution in [3.8, 4) is 0 Å². The summed E-state index contributed by atoms with van der Waals surface area (Å²) in [6.45, 7) is 4.11. The van der Waals surface area contributed by atoms with E-state index in [4.69, 9.17) is 0 Å². The zero-order valence-electron chi connectivity index (χ0n) is 9.23. The first-order valence-corrected chi connectivity index (χ1v) is 5.92. The average molecular weight is 220 g/mol. The van der Waals surface area contributed by atoms with E-state index in [-0.39, 0.29) is 23.8 Å². The molecule has 1 aromatic carbocycles. The molecule has 5 heteroatoms. The van der Waals surface area contributed by atoms with Gasteiger partial charge in [0, 0.05) is 0 Å². The van der Waals surface area contributed by atoms with Crippen LogP contribution in [0.15, 0.2) is 29.2 Å². The second kappa shape index (κ2) is 5.71. The van der Waals surface area contributed by atoms with Crippen LogP contribution in [0.1, 0.15) is 31.7 Å². The van der Waals surface area contributed by atoms with Crippen molar-refractivity contribution in [2.24, 2.45) is 0 Å². The first-order valence-electron chi connectivity index (χ1n) is 4.51. The van der Waals surface area contributed by atoms with Gasteiger partial charge in [-0.15, -0.1) is 0 Å². The average Bonchev–Trinajstić information content (AvgIpc) is 2.15. The first-order chi connectivity index (χ1) is 6.45. The molecular formula is C10H13LiO3S. The molecule has 1 aromatic rings. The van der Waals surface area contributed by atoms with Crippen LogP contribution in [-0.4, -0.2) is 13.0 Å². The summed E-state index contributed by atoms with van der Waals surface area (Å²) in [7, 11) is -4.30. The second-order valence-electron chi connectivity index (χ2n) is 3.33. The Morgan fingerprint density at radius 2 is 1.73 bits per heavy atom. The summed E-state index contributed by atoms with van der Waals surface area (Å²) in [5, 5.41) is 0. The molecule has 0 fully saturated rings. The maximum absolute atomic E-state index is 10.6. The zero-order chi connectivity index (χ0) is 10.8. The molecule has 1 unspecified atom stereocenters. The minimum absolute atomic E-state index is 0. The van der Waals surface area contributed by atoms with Crippen LogP contribution in [0.2, 0.25) is 0 Å². The summed E-state index contributed by atoms with van der Waals surface area (Å²) in [4.78, 5) is -0.162. The van der Waals surface area contributed by atoms with Gasteiger partial charge < -0.3 is 4.55 Å². The zero-order valence-corrected chi connectivity index (χ0v) is 10.0. The molecule has 3 nitrogen and oxygen atoms in total. The van der Waals surface area contributed by atoms with Gasteiger partial charge in [-0.05, 0) is 30.0 Å². The summed E-state index contributed by atoms with van der Waals surface area (Å²) in [5.74, 6) is 0.387. The van der Waals surface area contributed by atoms with E-state index in [0.29, 0.717) is 5.92 Å². The van der Waals surface area contributed by atoms with Gasteiger partial charge in [0.1, 0.15) is 10.1 Å². The van der Waals surface area contributed by atoms with Crippen LogP contribution in [0.4, 0.5) is 0 Å². The molecule has 78 valence electrons. The van der Waals surface area contributed by atoms with Crippen molar-refractivity contribution in [1.29, 1.82) is 0 Å². The van der Waals surface area contributed by atoms with Crippen molar-refractivity contribution in [3.05, 3.63) is 29.8 Å². The number of hydrogen-bond donors (Lipinski definition) is 0. The van der Waals surface area contributed by atoms with Crippen LogP contribution in [0.3, 0.4) is 0 Å². The van der Waals surface area contributed by atoms with Crippen molar-refractivity contribution < 1.29 is 31.8 Å². The number of hydrogen-bond acceptors (Lipinski definition) is 3. The molecule has 0 amide bonds. The van der Waals surface area contributed by atoms with E-state index in [0.717, 1.165) is 12.0 Å². The monoisotopic (exact) mass is 220 g/mol. The van der Waals surface area contributed by atoms with Gasteiger partial charge in [-0.2, -0.15) is 0 Å². The minimum Gasteiger partial charge on any atom is -0.744 e. The van der Waals surface area contributed by atoms with Gasteiger partial charge in [0.05, 0.1) is 4.90 Å². The fourth-order valence-electron chi connectivity index (χ4n) is 1.20. The Morgan fingerprint density at radius 3 is 2.07 bits per heavy atom. The molecule has 0 radical (unpaired) electrons. The molecule has 1 atom stereocenters.